The highest BCUT2D eigenvalue weighted by Crippen LogP contribution is 2.68. The summed E-state index contributed by atoms with van der Waals surface area (Å²) in [5.41, 5.74) is 0.359. The lowest BCUT2D eigenvalue weighted by Crippen LogP contribution is -2.58. The summed E-state index contributed by atoms with van der Waals surface area (Å²) in [5, 5.41) is 22.1. The van der Waals surface area contributed by atoms with Gasteiger partial charge in [0, 0.05) is 12.5 Å². The fourth-order valence-electron chi connectivity index (χ4n) is 9.92. The molecule has 4 aliphatic carbocycles. The zero-order valence-electron chi connectivity index (χ0n) is 22.5. The lowest BCUT2D eigenvalue weighted by molar-refractivity contribution is -0.174. The Morgan fingerprint density at radius 1 is 1.08 bits per heavy atom. The van der Waals surface area contributed by atoms with Crippen LogP contribution in [0.4, 0.5) is 4.39 Å². The first-order valence-electron chi connectivity index (χ1n) is 14.6. The number of benzene rings is 1. The topological polar surface area (TPSA) is 83.6 Å². The predicted molar refractivity (Wildman–Crippen MR) is 140 cm³/mol. The average molecular weight is 512 g/mol. The molecule has 6 heteroatoms. The number of halogens is 1. The van der Waals surface area contributed by atoms with Gasteiger partial charge in [0.1, 0.15) is 5.82 Å². The molecule has 0 radical (unpaired) electrons. The van der Waals surface area contributed by atoms with Crippen molar-refractivity contribution >= 4 is 10.9 Å². The molecule has 2 N–H and O–H groups in total. The first kappa shape index (κ1) is 25.5. The molecule has 37 heavy (non-hydrogen) atoms. The van der Waals surface area contributed by atoms with Crippen molar-refractivity contribution in [1.29, 1.82) is 0 Å². The van der Waals surface area contributed by atoms with Gasteiger partial charge in [-0.2, -0.15) is 0 Å². The smallest absolute Gasteiger partial charge is 0.346 e. The Balaban J connectivity index is 1.18. The molecule has 0 saturated heterocycles. The Hall–Kier alpha value is -1.79. The number of nitrogens with zero attached hydrogens (tertiary/aromatic N) is 1. The van der Waals surface area contributed by atoms with E-state index in [9.17, 15) is 19.4 Å². The van der Waals surface area contributed by atoms with Crippen LogP contribution in [-0.2, 0) is 6.42 Å². The summed E-state index contributed by atoms with van der Waals surface area (Å²) in [6, 6.07) is 3.99. The van der Waals surface area contributed by atoms with E-state index in [1.54, 1.807) is 0 Å². The molecule has 4 saturated carbocycles. The number of aliphatic hydroxyl groups is 2. The van der Waals surface area contributed by atoms with E-state index in [0.29, 0.717) is 58.7 Å². The van der Waals surface area contributed by atoms with Crippen molar-refractivity contribution in [1.82, 2.24) is 4.98 Å². The quantitative estimate of drug-likeness (QED) is 0.535. The number of hydrogen-bond acceptors (Lipinski definition) is 5. The third-order valence-electron chi connectivity index (χ3n) is 11.9. The van der Waals surface area contributed by atoms with Gasteiger partial charge < -0.3 is 14.6 Å². The maximum atomic E-state index is 13.7. The second-order valence-corrected chi connectivity index (χ2v) is 13.5. The van der Waals surface area contributed by atoms with Gasteiger partial charge in [-0.15, -0.1) is 0 Å². The molecular formula is C31H42FNO4. The Kier molecular flexibility index (Phi) is 6.30. The Morgan fingerprint density at radius 3 is 2.65 bits per heavy atom. The van der Waals surface area contributed by atoms with E-state index in [4.69, 9.17) is 4.42 Å². The average Bonchev–Trinajstić information content (AvgIpc) is 3.20. The second kappa shape index (κ2) is 9.15. The largest absolute Gasteiger partial charge is 0.408 e. The zero-order chi connectivity index (χ0) is 26.1. The van der Waals surface area contributed by atoms with Crippen molar-refractivity contribution in [3.05, 3.63) is 40.3 Å². The van der Waals surface area contributed by atoms with Crippen LogP contribution in [0.15, 0.2) is 27.4 Å². The third-order valence-corrected chi connectivity index (χ3v) is 11.9. The highest BCUT2D eigenvalue weighted by Gasteiger charge is 2.62. The molecule has 0 spiro atoms. The molecule has 0 bridgehead atoms. The minimum absolute atomic E-state index is 0.201. The Bertz CT molecular complexity index is 1230. The van der Waals surface area contributed by atoms with Crippen LogP contribution < -0.4 is 5.63 Å². The molecular weight excluding hydrogens is 469 g/mol. The molecule has 0 amide bonds. The fourth-order valence-corrected chi connectivity index (χ4v) is 9.92. The van der Waals surface area contributed by atoms with E-state index in [0.717, 1.165) is 32.1 Å². The third kappa shape index (κ3) is 4.09. The van der Waals surface area contributed by atoms with Crippen LogP contribution in [0.3, 0.4) is 0 Å². The molecule has 2 aromatic rings. The van der Waals surface area contributed by atoms with E-state index < -0.39 is 11.4 Å². The summed E-state index contributed by atoms with van der Waals surface area (Å²) >= 11 is 0. The van der Waals surface area contributed by atoms with Crippen molar-refractivity contribution in [3.63, 3.8) is 0 Å². The first-order chi connectivity index (χ1) is 17.6. The molecule has 5 nitrogen and oxygen atoms in total. The zero-order valence-corrected chi connectivity index (χ0v) is 22.5. The van der Waals surface area contributed by atoms with Gasteiger partial charge >= 0.3 is 5.63 Å². The van der Waals surface area contributed by atoms with Gasteiger partial charge in [-0.05, 0) is 116 Å². The van der Waals surface area contributed by atoms with Crippen LogP contribution in [0.1, 0.15) is 84.4 Å². The van der Waals surface area contributed by atoms with Crippen molar-refractivity contribution < 1.29 is 19.0 Å². The standard InChI is InChI=1S/C31H42FNO4/c1-17(4-9-27-33-25-16-19(32)5-6-21(25)29(36)37-27)22-7-8-23-28-24(11-13-31(22,23)3)30(2)12-10-20(34)14-18(30)15-26(28)35/h5-6,16-18,20,22-24,26,28,34-35H,4,7-15H2,1-3H3/t17-,18+,20-,22-,23+,24?,26-,28+,30+,31-/m1/s1. The highest BCUT2D eigenvalue weighted by molar-refractivity contribution is 5.76. The van der Waals surface area contributed by atoms with Gasteiger partial charge in [0.25, 0.3) is 0 Å². The van der Waals surface area contributed by atoms with Crippen molar-refractivity contribution in [2.24, 2.45) is 46.3 Å². The minimum atomic E-state index is -0.452. The van der Waals surface area contributed by atoms with Gasteiger partial charge in [0.15, 0.2) is 5.89 Å². The van der Waals surface area contributed by atoms with Crippen molar-refractivity contribution in [3.8, 4) is 0 Å². The summed E-state index contributed by atoms with van der Waals surface area (Å²) in [7, 11) is 0. The highest BCUT2D eigenvalue weighted by atomic mass is 19.1. The summed E-state index contributed by atoms with van der Waals surface area (Å²) in [6.45, 7) is 7.26. The van der Waals surface area contributed by atoms with Gasteiger partial charge in [0.05, 0.1) is 23.1 Å². The monoisotopic (exact) mass is 511 g/mol. The SMILES string of the molecule is C[C@H](CCc1nc2cc(F)ccc2c(=O)o1)[C@H]1CC[C@H]2[C@H]3C(CC[C@]12C)[C@@]1(C)CC[C@@H](O)C[C@H]1C[C@H]3O. The van der Waals surface area contributed by atoms with Crippen LogP contribution in [0.2, 0.25) is 0 Å². The predicted octanol–water partition coefficient (Wildman–Crippen LogP) is 5.89. The molecule has 4 aliphatic rings. The Labute approximate surface area is 218 Å². The molecule has 1 unspecified atom stereocenters. The van der Waals surface area contributed by atoms with Gasteiger partial charge in [-0.1, -0.05) is 20.8 Å². The van der Waals surface area contributed by atoms with Crippen LogP contribution in [0, 0.1) is 52.2 Å². The summed E-state index contributed by atoms with van der Waals surface area (Å²) in [4.78, 5) is 16.8. The molecule has 1 aromatic carbocycles. The lowest BCUT2D eigenvalue weighted by Gasteiger charge is -2.62. The van der Waals surface area contributed by atoms with E-state index in [-0.39, 0.29) is 23.0 Å². The molecule has 4 fully saturated rings. The molecule has 1 aromatic heterocycles. The number of rotatable bonds is 4. The van der Waals surface area contributed by atoms with E-state index >= 15 is 0 Å². The first-order valence-corrected chi connectivity index (χ1v) is 14.6. The summed E-state index contributed by atoms with van der Waals surface area (Å²) in [5.74, 6) is 2.88. The van der Waals surface area contributed by atoms with Gasteiger partial charge in [-0.25, -0.2) is 14.2 Å². The fraction of sp³-hybridized carbons (Fsp3) is 0.742. The Morgan fingerprint density at radius 2 is 1.84 bits per heavy atom. The molecule has 0 aliphatic heterocycles. The van der Waals surface area contributed by atoms with Crippen LogP contribution in [0.5, 0.6) is 0 Å². The number of hydrogen-bond donors (Lipinski definition) is 2. The van der Waals surface area contributed by atoms with Crippen LogP contribution >= 0.6 is 0 Å². The maximum absolute atomic E-state index is 13.7. The molecule has 10 atom stereocenters. The molecule has 202 valence electrons. The van der Waals surface area contributed by atoms with Crippen LogP contribution in [0.25, 0.3) is 10.9 Å². The summed E-state index contributed by atoms with van der Waals surface area (Å²) < 4.78 is 19.2. The minimum Gasteiger partial charge on any atom is -0.408 e. The van der Waals surface area contributed by atoms with Crippen molar-refractivity contribution in [2.45, 2.75) is 97.2 Å². The lowest BCUT2D eigenvalue weighted by atomic mass is 9.43. The van der Waals surface area contributed by atoms with E-state index in [2.05, 4.69) is 25.8 Å². The normalized spacial score (nSPS) is 42.2. The maximum Gasteiger partial charge on any atom is 0.346 e. The van der Waals surface area contributed by atoms with E-state index in [1.165, 1.54) is 43.9 Å². The molecule has 6 rings (SSSR count). The number of fused-ring (bicyclic) bond motifs is 6. The van der Waals surface area contributed by atoms with E-state index in [1.807, 2.05) is 0 Å². The molecule has 1 heterocycles. The van der Waals surface area contributed by atoms with Gasteiger partial charge in [0.2, 0.25) is 0 Å². The van der Waals surface area contributed by atoms with Crippen molar-refractivity contribution in [2.75, 3.05) is 0 Å². The number of aromatic nitrogens is 1. The number of aliphatic hydroxyl groups excluding tert-OH is 2. The summed E-state index contributed by atoms with van der Waals surface area (Å²) in [6.07, 6.45) is 9.39. The van der Waals surface area contributed by atoms with Crippen LogP contribution in [-0.4, -0.2) is 27.4 Å². The van der Waals surface area contributed by atoms with Gasteiger partial charge in [-0.3, -0.25) is 0 Å². The number of aryl methyl sites for hydroxylation is 1. The second-order valence-electron chi connectivity index (χ2n) is 13.5.